The van der Waals surface area contributed by atoms with Crippen molar-refractivity contribution in [3.63, 3.8) is 0 Å². The molecule has 0 aromatic rings. The van der Waals surface area contributed by atoms with E-state index in [0.29, 0.717) is 5.41 Å². The summed E-state index contributed by atoms with van der Waals surface area (Å²) in [6, 6.07) is 0. The Balaban J connectivity index is 2.22. The predicted octanol–water partition coefficient (Wildman–Crippen LogP) is 1.56. The van der Waals surface area contributed by atoms with E-state index in [1.54, 1.807) is 0 Å². The molecule has 1 N–H and O–H groups in total. The second kappa shape index (κ2) is 1.51. The highest BCUT2D eigenvalue weighted by atomic mass is 16.3. The average Bonchev–Trinajstić information content (AvgIpc) is 2.22. The minimum Gasteiger partial charge on any atom is -0.393 e. The fourth-order valence-electron chi connectivity index (χ4n) is 2.50. The van der Waals surface area contributed by atoms with Crippen LogP contribution in [-0.4, -0.2) is 11.2 Å². The molecular formula is C8H14O. The van der Waals surface area contributed by atoms with Crippen molar-refractivity contribution in [3.8, 4) is 0 Å². The SMILES string of the molecule is C[C@@]12CC[C@H](C[C@@H]1O)C2. The maximum Gasteiger partial charge on any atom is 0.0596 e. The molecular weight excluding hydrogens is 112 g/mol. The van der Waals surface area contributed by atoms with E-state index < -0.39 is 0 Å². The van der Waals surface area contributed by atoms with Gasteiger partial charge in [0, 0.05) is 0 Å². The van der Waals surface area contributed by atoms with Gasteiger partial charge in [0.15, 0.2) is 0 Å². The van der Waals surface area contributed by atoms with Gasteiger partial charge in [-0.25, -0.2) is 0 Å². The lowest BCUT2D eigenvalue weighted by molar-refractivity contribution is 0.0532. The molecule has 1 heteroatoms. The van der Waals surface area contributed by atoms with Crippen LogP contribution in [0.25, 0.3) is 0 Å². The fraction of sp³-hybridized carbons (Fsp3) is 1.00. The van der Waals surface area contributed by atoms with Crippen LogP contribution in [0, 0.1) is 11.3 Å². The van der Waals surface area contributed by atoms with E-state index in [2.05, 4.69) is 6.92 Å². The van der Waals surface area contributed by atoms with E-state index in [4.69, 9.17) is 0 Å². The zero-order valence-corrected chi connectivity index (χ0v) is 5.93. The Morgan fingerprint density at radius 2 is 2.33 bits per heavy atom. The van der Waals surface area contributed by atoms with E-state index in [1.165, 1.54) is 19.3 Å². The molecule has 0 amide bonds. The Morgan fingerprint density at radius 1 is 1.56 bits per heavy atom. The second-order valence-corrected chi connectivity index (χ2v) is 4.01. The molecule has 2 fully saturated rings. The third kappa shape index (κ3) is 0.644. The van der Waals surface area contributed by atoms with Crippen molar-refractivity contribution < 1.29 is 5.11 Å². The predicted molar refractivity (Wildman–Crippen MR) is 36.1 cm³/mol. The Labute approximate surface area is 56.1 Å². The molecule has 52 valence electrons. The standard InChI is InChI=1S/C8H14O/c1-8-3-2-6(5-8)4-7(8)9/h6-7,9H,2-5H2,1H3/t6-,7+,8+/m1/s1. The number of hydrogen-bond donors (Lipinski definition) is 1. The van der Waals surface area contributed by atoms with Gasteiger partial charge in [0.1, 0.15) is 0 Å². The summed E-state index contributed by atoms with van der Waals surface area (Å²) in [5.41, 5.74) is 0.324. The van der Waals surface area contributed by atoms with Gasteiger partial charge in [-0.05, 0) is 37.0 Å². The summed E-state index contributed by atoms with van der Waals surface area (Å²) >= 11 is 0. The Bertz CT molecular complexity index is 133. The van der Waals surface area contributed by atoms with E-state index in [1.807, 2.05) is 0 Å². The summed E-state index contributed by atoms with van der Waals surface area (Å²) in [4.78, 5) is 0. The molecule has 9 heavy (non-hydrogen) atoms. The van der Waals surface area contributed by atoms with E-state index in [-0.39, 0.29) is 6.10 Å². The molecule has 0 unspecified atom stereocenters. The van der Waals surface area contributed by atoms with Crippen LogP contribution < -0.4 is 0 Å². The lowest BCUT2D eigenvalue weighted by Gasteiger charge is -2.26. The smallest absolute Gasteiger partial charge is 0.0596 e. The van der Waals surface area contributed by atoms with Gasteiger partial charge in [-0.1, -0.05) is 6.92 Å². The zero-order chi connectivity index (χ0) is 6.48. The molecule has 0 aromatic carbocycles. The Kier molecular flexibility index (Phi) is 0.963. The molecule has 2 aliphatic rings. The topological polar surface area (TPSA) is 20.2 Å². The molecule has 0 aliphatic heterocycles. The maximum atomic E-state index is 9.48. The number of aliphatic hydroxyl groups excluding tert-OH is 1. The van der Waals surface area contributed by atoms with Crippen molar-refractivity contribution >= 4 is 0 Å². The van der Waals surface area contributed by atoms with Gasteiger partial charge in [0.25, 0.3) is 0 Å². The normalized spacial score (nSPS) is 56.7. The van der Waals surface area contributed by atoms with Crippen LogP contribution in [0.4, 0.5) is 0 Å². The zero-order valence-electron chi connectivity index (χ0n) is 5.93. The molecule has 2 aliphatic carbocycles. The van der Waals surface area contributed by atoms with Crippen molar-refractivity contribution in [1.82, 2.24) is 0 Å². The monoisotopic (exact) mass is 126 g/mol. The summed E-state index contributed by atoms with van der Waals surface area (Å²) in [6.07, 6.45) is 5.02. The number of hydrogen-bond acceptors (Lipinski definition) is 1. The summed E-state index contributed by atoms with van der Waals surface area (Å²) in [5.74, 6) is 0.866. The van der Waals surface area contributed by atoms with Crippen LogP contribution in [0.3, 0.4) is 0 Å². The van der Waals surface area contributed by atoms with E-state index in [9.17, 15) is 5.11 Å². The third-order valence-electron chi connectivity index (χ3n) is 3.24. The van der Waals surface area contributed by atoms with Crippen LogP contribution >= 0.6 is 0 Å². The molecule has 0 aromatic heterocycles. The number of fused-ring (bicyclic) bond motifs is 2. The Morgan fingerprint density at radius 3 is 2.56 bits per heavy atom. The first-order valence-corrected chi connectivity index (χ1v) is 3.89. The highest BCUT2D eigenvalue weighted by molar-refractivity contribution is 4.98. The van der Waals surface area contributed by atoms with Crippen molar-refractivity contribution in [2.75, 3.05) is 0 Å². The van der Waals surface area contributed by atoms with Crippen molar-refractivity contribution in [1.29, 1.82) is 0 Å². The molecule has 0 heterocycles. The lowest BCUT2D eigenvalue weighted by atomic mass is 9.84. The van der Waals surface area contributed by atoms with E-state index >= 15 is 0 Å². The largest absolute Gasteiger partial charge is 0.393 e. The molecule has 0 saturated heterocycles. The first-order valence-electron chi connectivity index (χ1n) is 3.89. The average molecular weight is 126 g/mol. The molecule has 0 radical (unpaired) electrons. The van der Waals surface area contributed by atoms with Crippen LogP contribution in [0.15, 0.2) is 0 Å². The van der Waals surface area contributed by atoms with Gasteiger partial charge in [-0.3, -0.25) is 0 Å². The fourth-order valence-corrected chi connectivity index (χ4v) is 2.50. The van der Waals surface area contributed by atoms with Crippen molar-refractivity contribution in [3.05, 3.63) is 0 Å². The van der Waals surface area contributed by atoms with Gasteiger partial charge in [0.05, 0.1) is 6.10 Å². The van der Waals surface area contributed by atoms with Crippen LogP contribution in [0.1, 0.15) is 32.6 Å². The van der Waals surface area contributed by atoms with Gasteiger partial charge >= 0.3 is 0 Å². The minimum absolute atomic E-state index is 0.0243. The van der Waals surface area contributed by atoms with Gasteiger partial charge in [-0.15, -0.1) is 0 Å². The van der Waals surface area contributed by atoms with Gasteiger partial charge < -0.3 is 5.11 Å². The molecule has 2 rings (SSSR count). The first-order chi connectivity index (χ1) is 4.21. The van der Waals surface area contributed by atoms with Crippen LogP contribution in [0.2, 0.25) is 0 Å². The van der Waals surface area contributed by atoms with Crippen LogP contribution in [-0.2, 0) is 0 Å². The quantitative estimate of drug-likeness (QED) is 0.522. The van der Waals surface area contributed by atoms with Crippen molar-refractivity contribution in [2.24, 2.45) is 11.3 Å². The highest BCUT2D eigenvalue weighted by Gasteiger charge is 2.47. The summed E-state index contributed by atoms with van der Waals surface area (Å²) in [5, 5.41) is 9.48. The highest BCUT2D eigenvalue weighted by Crippen LogP contribution is 2.53. The summed E-state index contributed by atoms with van der Waals surface area (Å²) in [6.45, 7) is 2.23. The van der Waals surface area contributed by atoms with Crippen LogP contribution in [0.5, 0.6) is 0 Å². The minimum atomic E-state index is 0.0243. The maximum absolute atomic E-state index is 9.48. The van der Waals surface area contributed by atoms with Gasteiger partial charge in [-0.2, -0.15) is 0 Å². The van der Waals surface area contributed by atoms with Gasteiger partial charge in [0.2, 0.25) is 0 Å². The molecule has 1 nitrogen and oxygen atoms in total. The number of aliphatic hydroxyl groups is 1. The first kappa shape index (κ1) is 5.72. The Hall–Kier alpha value is -0.0400. The van der Waals surface area contributed by atoms with E-state index in [0.717, 1.165) is 12.3 Å². The lowest BCUT2D eigenvalue weighted by Crippen LogP contribution is -2.26. The second-order valence-electron chi connectivity index (χ2n) is 4.01. The molecule has 0 spiro atoms. The molecule has 2 bridgehead atoms. The molecule has 2 saturated carbocycles. The number of rotatable bonds is 0. The summed E-state index contributed by atoms with van der Waals surface area (Å²) in [7, 11) is 0. The van der Waals surface area contributed by atoms with Crippen molar-refractivity contribution in [2.45, 2.75) is 38.7 Å². The third-order valence-corrected chi connectivity index (χ3v) is 3.24. The summed E-state index contributed by atoms with van der Waals surface area (Å²) < 4.78 is 0. The molecule has 3 atom stereocenters.